The highest BCUT2D eigenvalue weighted by Crippen LogP contribution is 2.11. The molecule has 0 unspecified atom stereocenters. The van der Waals surface area contributed by atoms with E-state index in [1.165, 1.54) is 0 Å². The fourth-order valence-electron chi connectivity index (χ4n) is 1.68. The molecule has 2 N–H and O–H groups in total. The average Bonchev–Trinajstić information content (AvgIpc) is 2.31. The van der Waals surface area contributed by atoms with Gasteiger partial charge in [0.25, 0.3) is 0 Å². The van der Waals surface area contributed by atoms with Gasteiger partial charge in [0.15, 0.2) is 0 Å². The van der Waals surface area contributed by atoms with Crippen LogP contribution in [0, 0.1) is 6.92 Å². The van der Waals surface area contributed by atoms with Gasteiger partial charge in [-0.15, -0.1) is 0 Å². The van der Waals surface area contributed by atoms with Crippen LogP contribution in [-0.4, -0.2) is 17.1 Å². The number of pyridine rings is 1. The molecule has 1 aromatic rings. The number of rotatable bonds is 5. The highest BCUT2D eigenvalue weighted by molar-refractivity contribution is 5.90. The first-order valence-corrected chi connectivity index (χ1v) is 6.15. The summed E-state index contributed by atoms with van der Waals surface area (Å²) in [5.74, 6) is 0. The van der Waals surface area contributed by atoms with Crippen molar-refractivity contribution in [2.75, 3.05) is 5.32 Å². The Morgan fingerprint density at radius 3 is 2.82 bits per heavy atom. The van der Waals surface area contributed by atoms with Gasteiger partial charge in [0.2, 0.25) is 0 Å². The zero-order chi connectivity index (χ0) is 12.7. The fraction of sp³-hybridized carbons (Fsp3) is 0.538. The molecule has 0 fully saturated rings. The third-order valence-electron chi connectivity index (χ3n) is 2.73. The Labute approximate surface area is 103 Å². The number of hydrogen-bond donors (Lipinski definition) is 2. The Morgan fingerprint density at radius 1 is 1.47 bits per heavy atom. The SMILES string of the molecule is CCC[C@H](CC)NC(=O)Nc1ccncc1C. The standard InChI is InChI=1S/C13H21N3O/c1-4-6-11(5-2)15-13(17)16-12-7-8-14-9-10(12)3/h7-9,11H,4-6H2,1-3H3,(H2,14,15,16,17)/t11-/m0/s1. The third kappa shape index (κ3) is 4.43. The molecular weight excluding hydrogens is 214 g/mol. The summed E-state index contributed by atoms with van der Waals surface area (Å²) in [6.45, 7) is 6.12. The molecule has 0 aliphatic rings. The van der Waals surface area contributed by atoms with E-state index in [9.17, 15) is 4.79 Å². The third-order valence-corrected chi connectivity index (χ3v) is 2.73. The molecular formula is C13H21N3O. The second-order valence-corrected chi connectivity index (χ2v) is 4.18. The molecule has 0 saturated heterocycles. The molecule has 1 heterocycles. The summed E-state index contributed by atoms with van der Waals surface area (Å²) in [7, 11) is 0. The number of aromatic nitrogens is 1. The van der Waals surface area contributed by atoms with Crippen molar-refractivity contribution < 1.29 is 4.79 Å². The molecule has 4 heteroatoms. The maximum Gasteiger partial charge on any atom is 0.319 e. The lowest BCUT2D eigenvalue weighted by atomic mass is 10.1. The summed E-state index contributed by atoms with van der Waals surface area (Å²) in [4.78, 5) is 15.8. The van der Waals surface area contributed by atoms with Crippen molar-refractivity contribution in [1.82, 2.24) is 10.3 Å². The molecule has 0 aliphatic carbocycles. The predicted molar refractivity (Wildman–Crippen MR) is 70.1 cm³/mol. The van der Waals surface area contributed by atoms with Crippen molar-refractivity contribution >= 4 is 11.7 Å². The number of nitrogens with zero attached hydrogens (tertiary/aromatic N) is 1. The van der Waals surface area contributed by atoms with Crippen molar-refractivity contribution in [3.8, 4) is 0 Å². The molecule has 1 rings (SSSR count). The Hall–Kier alpha value is -1.58. The molecule has 0 bridgehead atoms. The molecule has 0 aliphatic heterocycles. The van der Waals surface area contributed by atoms with Gasteiger partial charge in [-0.25, -0.2) is 4.79 Å². The lowest BCUT2D eigenvalue weighted by molar-refractivity contribution is 0.247. The summed E-state index contributed by atoms with van der Waals surface area (Å²) < 4.78 is 0. The number of urea groups is 1. The van der Waals surface area contributed by atoms with E-state index in [-0.39, 0.29) is 12.1 Å². The maximum atomic E-state index is 11.8. The molecule has 0 aromatic carbocycles. The molecule has 1 atom stereocenters. The highest BCUT2D eigenvalue weighted by Gasteiger charge is 2.09. The molecule has 0 spiro atoms. The van der Waals surface area contributed by atoms with Crippen molar-refractivity contribution in [1.29, 1.82) is 0 Å². The number of nitrogens with one attached hydrogen (secondary N) is 2. The Kier molecular flexibility index (Phi) is 5.46. The van der Waals surface area contributed by atoms with E-state index in [0.29, 0.717) is 0 Å². The number of carbonyl (C=O) groups excluding carboxylic acids is 1. The van der Waals surface area contributed by atoms with Gasteiger partial charge < -0.3 is 10.6 Å². The lowest BCUT2D eigenvalue weighted by Crippen LogP contribution is -2.37. The van der Waals surface area contributed by atoms with Crippen LogP contribution in [0.5, 0.6) is 0 Å². The van der Waals surface area contributed by atoms with Gasteiger partial charge in [-0.3, -0.25) is 4.98 Å². The summed E-state index contributed by atoms with van der Waals surface area (Å²) in [5.41, 5.74) is 1.77. The Balaban J connectivity index is 2.52. The number of amides is 2. The lowest BCUT2D eigenvalue weighted by Gasteiger charge is -2.17. The summed E-state index contributed by atoms with van der Waals surface area (Å²) in [5, 5.41) is 5.82. The van der Waals surface area contributed by atoms with E-state index in [2.05, 4.69) is 29.5 Å². The quantitative estimate of drug-likeness (QED) is 0.824. The van der Waals surface area contributed by atoms with Crippen molar-refractivity contribution in [2.24, 2.45) is 0 Å². The van der Waals surface area contributed by atoms with Gasteiger partial charge in [-0.1, -0.05) is 20.3 Å². The smallest absolute Gasteiger partial charge is 0.319 e. The second-order valence-electron chi connectivity index (χ2n) is 4.18. The van der Waals surface area contributed by atoms with Gasteiger partial charge in [0.05, 0.1) is 0 Å². The predicted octanol–water partition coefficient (Wildman–Crippen LogP) is 3.09. The maximum absolute atomic E-state index is 11.8. The molecule has 2 amide bonds. The van der Waals surface area contributed by atoms with E-state index in [1.807, 2.05) is 6.92 Å². The zero-order valence-electron chi connectivity index (χ0n) is 10.8. The van der Waals surface area contributed by atoms with E-state index in [1.54, 1.807) is 18.5 Å². The van der Waals surface area contributed by atoms with Crippen LogP contribution in [0.3, 0.4) is 0 Å². The van der Waals surface area contributed by atoms with Crippen LogP contribution in [0.4, 0.5) is 10.5 Å². The summed E-state index contributed by atoms with van der Waals surface area (Å²) in [6.07, 6.45) is 6.45. The van der Waals surface area contributed by atoms with E-state index < -0.39 is 0 Å². The largest absolute Gasteiger partial charge is 0.335 e. The average molecular weight is 235 g/mol. The minimum atomic E-state index is -0.139. The van der Waals surface area contributed by atoms with Gasteiger partial charge in [0, 0.05) is 24.1 Å². The first kappa shape index (κ1) is 13.5. The normalized spacial score (nSPS) is 11.9. The molecule has 0 saturated carbocycles. The number of aryl methyl sites for hydroxylation is 1. The van der Waals surface area contributed by atoms with Crippen LogP contribution in [0.25, 0.3) is 0 Å². The highest BCUT2D eigenvalue weighted by atomic mass is 16.2. The van der Waals surface area contributed by atoms with Gasteiger partial charge >= 0.3 is 6.03 Å². The number of hydrogen-bond acceptors (Lipinski definition) is 2. The number of anilines is 1. The van der Waals surface area contributed by atoms with Crippen LogP contribution in [0.2, 0.25) is 0 Å². The molecule has 1 aromatic heterocycles. The van der Waals surface area contributed by atoms with Crippen molar-refractivity contribution in [3.05, 3.63) is 24.0 Å². The first-order chi connectivity index (χ1) is 8.17. The molecule has 0 radical (unpaired) electrons. The minimum absolute atomic E-state index is 0.139. The summed E-state index contributed by atoms with van der Waals surface area (Å²) in [6, 6.07) is 1.91. The molecule has 94 valence electrons. The minimum Gasteiger partial charge on any atom is -0.335 e. The van der Waals surface area contributed by atoms with E-state index in [0.717, 1.165) is 30.5 Å². The summed E-state index contributed by atoms with van der Waals surface area (Å²) >= 11 is 0. The zero-order valence-corrected chi connectivity index (χ0v) is 10.8. The van der Waals surface area contributed by atoms with E-state index >= 15 is 0 Å². The van der Waals surface area contributed by atoms with Gasteiger partial charge in [0.1, 0.15) is 0 Å². The van der Waals surface area contributed by atoms with Crippen LogP contribution >= 0.6 is 0 Å². The second kappa shape index (κ2) is 6.89. The molecule has 4 nitrogen and oxygen atoms in total. The van der Waals surface area contributed by atoms with Crippen LogP contribution < -0.4 is 10.6 Å². The monoisotopic (exact) mass is 235 g/mol. The molecule has 17 heavy (non-hydrogen) atoms. The first-order valence-electron chi connectivity index (χ1n) is 6.15. The Bertz CT molecular complexity index is 365. The fourth-order valence-corrected chi connectivity index (χ4v) is 1.68. The Morgan fingerprint density at radius 2 is 2.24 bits per heavy atom. The van der Waals surface area contributed by atoms with E-state index in [4.69, 9.17) is 0 Å². The number of carbonyl (C=O) groups is 1. The van der Waals surface area contributed by atoms with Crippen LogP contribution in [-0.2, 0) is 0 Å². The van der Waals surface area contributed by atoms with Gasteiger partial charge in [-0.05, 0) is 31.4 Å². The van der Waals surface area contributed by atoms with Crippen LogP contribution in [0.15, 0.2) is 18.5 Å². The van der Waals surface area contributed by atoms with Gasteiger partial charge in [-0.2, -0.15) is 0 Å². The van der Waals surface area contributed by atoms with Crippen molar-refractivity contribution in [3.63, 3.8) is 0 Å². The van der Waals surface area contributed by atoms with Crippen molar-refractivity contribution in [2.45, 2.75) is 46.1 Å². The van der Waals surface area contributed by atoms with Crippen LogP contribution in [0.1, 0.15) is 38.7 Å². The topological polar surface area (TPSA) is 54.0 Å².